The lowest BCUT2D eigenvalue weighted by atomic mass is 9.96. The van der Waals surface area contributed by atoms with Crippen molar-refractivity contribution in [3.05, 3.63) is 96.1 Å². The third kappa shape index (κ3) is 4.67. The Morgan fingerprint density at radius 2 is 1.02 bits per heavy atom. The van der Waals surface area contributed by atoms with E-state index in [-0.39, 0.29) is 7.92 Å². The molecular weight excluding hydrogens is 518 g/mol. The van der Waals surface area contributed by atoms with Crippen LogP contribution in [0.5, 0.6) is 0 Å². The first-order chi connectivity index (χ1) is 19.7. The molecule has 0 aliphatic heterocycles. The predicted octanol–water partition coefficient (Wildman–Crippen LogP) is 12.0. The summed E-state index contributed by atoms with van der Waals surface area (Å²) >= 11 is 0. The number of rotatable bonds is 5. The zero-order valence-corrected chi connectivity index (χ0v) is 26.0. The van der Waals surface area contributed by atoms with Crippen LogP contribution in [0.4, 0.5) is 0 Å². The summed E-state index contributed by atoms with van der Waals surface area (Å²) in [4.78, 5) is 0. The van der Waals surface area contributed by atoms with Crippen molar-refractivity contribution in [1.29, 1.82) is 0 Å². The SMILES string of the molecule is Cc1cccc(P(C2CCCCC2)C2CCCCC2)c1-c1c(C)cccc1-p1c2ccccc2c2ccccc21. The van der Waals surface area contributed by atoms with Gasteiger partial charge < -0.3 is 0 Å². The number of benzene rings is 4. The number of fused-ring (bicyclic) bond motifs is 3. The van der Waals surface area contributed by atoms with Gasteiger partial charge in [-0.3, -0.25) is 0 Å². The normalized spacial score (nSPS) is 17.3. The Balaban J connectivity index is 1.49. The minimum atomic E-state index is -0.598. The molecule has 0 amide bonds. The van der Waals surface area contributed by atoms with Gasteiger partial charge in [-0.2, -0.15) is 0 Å². The van der Waals surface area contributed by atoms with Crippen LogP contribution in [-0.4, -0.2) is 11.3 Å². The Bertz CT molecular complexity index is 1570. The van der Waals surface area contributed by atoms with E-state index in [9.17, 15) is 0 Å². The fraction of sp³-hybridized carbons (Fsp3) is 0.368. The van der Waals surface area contributed by atoms with Crippen molar-refractivity contribution in [2.24, 2.45) is 0 Å². The summed E-state index contributed by atoms with van der Waals surface area (Å²) in [5.74, 6) is 0. The van der Waals surface area contributed by atoms with E-state index < -0.39 is 7.53 Å². The lowest BCUT2D eigenvalue weighted by molar-refractivity contribution is 0.487. The molecule has 0 nitrogen and oxygen atoms in total. The van der Waals surface area contributed by atoms with Crippen LogP contribution in [0.1, 0.15) is 75.3 Å². The molecule has 2 aliphatic rings. The highest BCUT2D eigenvalue weighted by Gasteiger charge is 2.34. The Kier molecular flexibility index (Phi) is 7.60. The standard InChI is InChI=1S/C38H42P2/c1-27-15-13-25-35(39(29-17-5-3-6-18-29)30-19-7-4-8-20-30)37(27)38-28(2)16-14-26-36(38)40-33-23-11-9-21-31(33)32-22-10-12-24-34(32)40/h9-16,21-26,29-30H,3-8,17-20H2,1-2H3. The lowest BCUT2D eigenvalue weighted by Gasteiger charge is -2.40. The average Bonchev–Trinajstić information content (AvgIpc) is 3.33. The molecule has 2 aliphatic carbocycles. The summed E-state index contributed by atoms with van der Waals surface area (Å²) in [6.07, 6.45) is 14.4. The van der Waals surface area contributed by atoms with E-state index in [4.69, 9.17) is 0 Å². The van der Waals surface area contributed by atoms with Crippen molar-refractivity contribution in [3.8, 4) is 16.4 Å². The molecule has 1 heterocycles. The van der Waals surface area contributed by atoms with Crippen molar-refractivity contribution in [1.82, 2.24) is 0 Å². The Morgan fingerprint density at radius 1 is 0.525 bits per heavy atom. The topological polar surface area (TPSA) is 0 Å². The Labute approximate surface area is 243 Å². The van der Waals surface area contributed by atoms with Gasteiger partial charge in [0.1, 0.15) is 0 Å². The number of hydrogen-bond donors (Lipinski definition) is 0. The van der Waals surface area contributed by atoms with Crippen molar-refractivity contribution in [2.75, 3.05) is 0 Å². The summed E-state index contributed by atoms with van der Waals surface area (Å²) in [5, 5.41) is 9.23. The van der Waals surface area contributed by atoms with Crippen LogP contribution in [0.3, 0.4) is 0 Å². The molecule has 2 fully saturated rings. The Morgan fingerprint density at radius 3 is 1.60 bits per heavy atom. The molecule has 0 spiro atoms. The summed E-state index contributed by atoms with van der Waals surface area (Å²) in [6.45, 7) is 4.77. The smallest absolute Gasteiger partial charge is 0.00711 e. The molecule has 0 saturated heterocycles. The highest BCUT2D eigenvalue weighted by molar-refractivity contribution is 7.68. The first-order valence-electron chi connectivity index (χ1n) is 15.7. The molecule has 2 saturated carbocycles. The van der Waals surface area contributed by atoms with Crippen molar-refractivity contribution in [2.45, 2.75) is 89.4 Å². The number of hydrogen-bond acceptors (Lipinski definition) is 0. The van der Waals surface area contributed by atoms with Crippen LogP contribution in [0.15, 0.2) is 84.9 Å². The quantitative estimate of drug-likeness (QED) is 0.188. The van der Waals surface area contributed by atoms with E-state index >= 15 is 0 Å². The zero-order chi connectivity index (χ0) is 27.1. The maximum absolute atomic E-state index is 2.58. The third-order valence-electron chi connectivity index (χ3n) is 9.79. The summed E-state index contributed by atoms with van der Waals surface area (Å²) in [6, 6.07) is 33.0. The molecule has 40 heavy (non-hydrogen) atoms. The first kappa shape index (κ1) is 26.5. The molecule has 0 radical (unpaired) electrons. The van der Waals surface area contributed by atoms with E-state index in [2.05, 4.69) is 98.8 Å². The van der Waals surface area contributed by atoms with Crippen LogP contribution in [0.2, 0.25) is 0 Å². The summed E-state index contributed by atoms with van der Waals surface area (Å²) in [5.41, 5.74) is 7.87. The molecule has 4 aromatic carbocycles. The van der Waals surface area contributed by atoms with E-state index in [0.717, 1.165) is 11.3 Å². The second kappa shape index (κ2) is 11.5. The third-order valence-corrected chi connectivity index (χ3v) is 15.9. The molecule has 5 aromatic rings. The molecule has 0 atom stereocenters. The van der Waals surface area contributed by atoms with Gasteiger partial charge in [-0.1, -0.05) is 133 Å². The van der Waals surface area contributed by atoms with Gasteiger partial charge >= 0.3 is 0 Å². The van der Waals surface area contributed by atoms with Gasteiger partial charge in [-0.05, 0) is 95.2 Å². The molecule has 7 rings (SSSR count). The van der Waals surface area contributed by atoms with Gasteiger partial charge in [0.25, 0.3) is 0 Å². The molecule has 0 bridgehead atoms. The fourth-order valence-corrected chi connectivity index (χ4v) is 14.8. The Hall–Kier alpha value is -2.39. The van der Waals surface area contributed by atoms with Crippen molar-refractivity contribution in [3.63, 3.8) is 0 Å². The van der Waals surface area contributed by atoms with Crippen LogP contribution in [0, 0.1) is 13.8 Å². The second-order valence-electron chi connectivity index (χ2n) is 12.3. The van der Waals surface area contributed by atoms with Crippen molar-refractivity contribution < 1.29 is 0 Å². The monoisotopic (exact) mass is 560 g/mol. The maximum Gasteiger partial charge on any atom is 0.00711 e. The second-order valence-corrected chi connectivity index (χ2v) is 17.2. The molecule has 2 heteroatoms. The van der Waals surface area contributed by atoms with Crippen LogP contribution >= 0.6 is 15.5 Å². The number of aryl methyl sites for hydroxylation is 2. The first-order valence-corrected chi connectivity index (χ1v) is 18.5. The molecule has 204 valence electrons. The van der Waals surface area contributed by atoms with E-state index in [0.29, 0.717) is 0 Å². The van der Waals surface area contributed by atoms with Gasteiger partial charge in [-0.15, -0.1) is 0 Å². The minimum absolute atomic E-state index is 0.188. The molecular formula is C38H42P2. The van der Waals surface area contributed by atoms with Gasteiger partial charge in [0.15, 0.2) is 0 Å². The fourth-order valence-electron chi connectivity index (χ4n) is 7.95. The maximum atomic E-state index is 2.58. The van der Waals surface area contributed by atoms with Gasteiger partial charge in [0, 0.05) is 15.5 Å². The molecule has 1 aromatic heterocycles. The predicted molar refractivity (Wildman–Crippen MR) is 181 cm³/mol. The zero-order valence-electron chi connectivity index (χ0n) is 24.2. The highest BCUT2D eigenvalue weighted by Crippen LogP contribution is 2.60. The lowest BCUT2D eigenvalue weighted by Crippen LogP contribution is -2.27. The van der Waals surface area contributed by atoms with Crippen LogP contribution < -0.4 is 5.30 Å². The molecule has 0 N–H and O–H groups in total. The summed E-state index contributed by atoms with van der Waals surface area (Å²) < 4.78 is 0. The van der Waals surface area contributed by atoms with Gasteiger partial charge in [0.05, 0.1) is 0 Å². The van der Waals surface area contributed by atoms with E-state index in [1.54, 1.807) is 21.7 Å². The van der Waals surface area contributed by atoms with Gasteiger partial charge in [0.2, 0.25) is 0 Å². The van der Waals surface area contributed by atoms with E-state index in [1.165, 1.54) is 96.3 Å². The van der Waals surface area contributed by atoms with Crippen LogP contribution in [0.25, 0.3) is 37.4 Å². The van der Waals surface area contributed by atoms with Crippen molar-refractivity contribution >= 4 is 41.8 Å². The van der Waals surface area contributed by atoms with E-state index in [1.807, 2.05) is 0 Å². The van der Waals surface area contributed by atoms with Gasteiger partial charge in [-0.25, -0.2) is 0 Å². The summed E-state index contributed by atoms with van der Waals surface area (Å²) in [7, 11) is -0.786. The molecule has 0 unspecified atom stereocenters. The largest absolute Gasteiger partial charge is 0.0766 e. The minimum Gasteiger partial charge on any atom is -0.0766 e. The average molecular weight is 561 g/mol. The van der Waals surface area contributed by atoms with Crippen LogP contribution in [-0.2, 0) is 0 Å². The highest BCUT2D eigenvalue weighted by atomic mass is 31.1.